The molecule has 1 rings (SSSR count). The number of nitrogens with one attached hydrogen (secondary N) is 1. The van der Waals surface area contributed by atoms with Crippen molar-refractivity contribution in [1.82, 2.24) is 4.31 Å². The molecule has 0 heterocycles. The van der Waals surface area contributed by atoms with Crippen molar-refractivity contribution in [2.45, 2.75) is 19.9 Å². The summed E-state index contributed by atoms with van der Waals surface area (Å²) in [5.41, 5.74) is 6.64. The Kier molecular flexibility index (Phi) is 4.66. The average molecular weight is 287 g/mol. The van der Waals surface area contributed by atoms with E-state index >= 15 is 0 Å². The van der Waals surface area contributed by atoms with Crippen LogP contribution in [0.4, 0.5) is 5.69 Å². The minimum absolute atomic E-state index is 0.113. The maximum absolute atomic E-state index is 11.9. The van der Waals surface area contributed by atoms with Crippen LogP contribution in [0.15, 0.2) is 24.3 Å². The van der Waals surface area contributed by atoms with Crippen LogP contribution >= 0.6 is 12.2 Å². The molecule has 0 radical (unpaired) electrons. The van der Waals surface area contributed by atoms with Gasteiger partial charge >= 0.3 is 10.2 Å². The highest BCUT2D eigenvalue weighted by Gasteiger charge is 2.20. The van der Waals surface area contributed by atoms with Crippen molar-refractivity contribution >= 4 is 33.1 Å². The molecule has 7 heteroatoms. The first kappa shape index (κ1) is 14.9. The summed E-state index contributed by atoms with van der Waals surface area (Å²) in [5.74, 6) is 0. The second-order valence-electron chi connectivity index (χ2n) is 4.16. The lowest BCUT2D eigenvalue weighted by Crippen LogP contribution is -2.37. The third-order valence-corrected chi connectivity index (χ3v) is 4.43. The molecule has 0 atom stereocenters. The SMILES string of the molecule is CC(C)N(C)S(=O)(=O)Nc1ccc(C(N)=S)cc1. The van der Waals surface area contributed by atoms with E-state index in [0.717, 1.165) is 0 Å². The molecule has 1 aromatic rings. The number of hydrogen-bond donors (Lipinski definition) is 2. The molecule has 0 spiro atoms. The lowest BCUT2D eigenvalue weighted by molar-refractivity contribution is 0.414. The number of benzene rings is 1. The van der Waals surface area contributed by atoms with E-state index in [2.05, 4.69) is 4.72 Å². The summed E-state index contributed by atoms with van der Waals surface area (Å²) >= 11 is 4.82. The van der Waals surface area contributed by atoms with Gasteiger partial charge in [-0.3, -0.25) is 4.72 Å². The van der Waals surface area contributed by atoms with Crippen LogP contribution in [0.2, 0.25) is 0 Å². The molecule has 0 saturated heterocycles. The van der Waals surface area contributed by atoms with Crippen molar-refractivity contribution in [1.29, 1.82) is 0 Å². The summed E-state index contributed by atoms with van der Waals surface area (Å²) < 4.78 is 27.6. The van der Waals surface area contributed by atoms with Crippen molar-refractivity contribution in [2.75, 3.05) is 11.8 Å². The molecule has 0 fully saturated rings. The molecule has 3 N–H and O–H groups in total. The highest BCUT2D eigenvalue weighted by atomic mass is 32.2. The van der Waals surface area contributed by atoms with Gasteiger partial charge in [-0.15, -0.1) is 0 Å². The lowest BCUT2D eigenvalue weighted by atomic mass is 10.2. The summed E-state index contributed by atoms with van der Waals surface area (Å²) in [6.07, 6.45) is 0. The predicted octanol–water partition coefficient (Wildman–Crippen LogP) is 1.32. The number of nitrogens with two attached hydrogens (primary N) is 1. The number of hydrogen-bond acceptors (Lipinski definition) is 3. The van der Waals surface area contributed by atoms with Crippen LogP contribution < -0.4 is 10.5 Å². The molecule has 18 heavy (non-hydrogen) atoms. The molecule has 100 valence electrons. The van der Waals surface area contributed by atoms with Crippen LogP contribution in [0.3, 0.4) is 0 Å². The fraction of sp³-hybridized carbons (Fsp3) is 0.364. The monoisotopic (exact) mass is 287 g/mol. The predicted molar refractivity (Wildman–Crippen MR) is 77.8 cm³/mol. The smallest absolute Gasteiger partial charge is 0.301 e. The first-order valence-electron chi connectivity index (χ1n) is 5.39. The third-order valence-electron chi connectivity index (χ3n) is 2.52. The Bertz CT molecular complexity index is 524. The Labute approximate surface area is 113 Å². The normalized spacial score (nSPS) is 11.8. The van der Waals surface area contributed by atoms with Gasteiger partial charge in [0.25, 0.3) is 0 Å². The van der Waals surface area contributed by atoms with E-state index in [1.807, 2.05) is 0 Å². The lowest BCUT2D eigenvalue weighted by Gasteiger charge is -2.21. The van der Waals surface area contributed by atoms with E-state index < -0.39 is 10.2 Å². The number of anilines is 1. The van der Waals surface area contributed by atoms with E-state index in [9.17, 15) is 8.42 Å². The van der Waals surface area contributed by atoms with Crippen LogP contribution in [0, 0.1) is 0 Å². The molecule has 1 aromatic carbocycles. The maximum Gasteiger partial charge on any atom is 0.301 e. The second kappa shape index (κ2) is 5.64. The van der Waals surface area contributed by atoms with E-state index in [1.54, 1.807) is 38.1 Å². The molecule has 0 unspecified atom stereocenters. The molecule has 0 bridgehead atoms. The third kappa shape index (κ3) is 3.66. The van der Waals surface area contributed by atoms with Crippen LogP contribution in [0.5, 0.6) is 0 Å². The molecule has 0 aliphatic carbocycles. The van der Waals surface area contributed by atoms with Gasteiger partial charge in [0.2, 0.25) is 0 Å². The highest BCUT2D eigenvalue weighted by molar-refractivity contribution is 7.90. The molecule has 0 aliphatic rings. The fourth-order valence-corrected chi connectivity index (χ4v) is 2.47. The van der Waals surface area contributed by atoms with Gasteiger partial charge < -0.3 is 5.73 Å². The Morgan fingerprint density at radius 3 is 2.22 bits per heavy atom. The Morgan fingerprint density at radius 2 is 1.83 bits per heavy atom. The topological polar surface area (TPSA) is 75.4 Å². The van der Waals surface area contributed by atoms with Gasteiger partial charge in [0.15, 0.2) is 0 Å². The van der Waals surface area contributed by atoms with Gasteiger partial charge in [-0.1, -0.05) is 12.2 Å². The quantitative estimate of drug-likeness (QED) is 0.801. The summed E-state index contributed by atoms with van der Waals surface area (Å²) in [5, 5.41) is 0. The molecule has 0 amide bonds. The van der Waals surface area contributed by atoms with Crippen molar-refractivity contribution in [3.63, 3.8) is 0 Å². The molecule has 0 saturated carbocycles. The minimum atomic E-state index is -3.53. The fourth-order valence-electron chi connectivity index (χ4n) is 1.20. The summed E-state index contributed by atoms with van der Waals surface area (Å²) in [6.45, 7) is 3.60. The Hall–Kier alpha value is -1.18. The maximum atomic E-state index is 11.9. The van der Waals surface area contributed by atoms with E-state index in [4.69, 9.17) is 18.0 Å². The second-order valence-corrected chi connectivity index (χ2v) is 6.33. The first-order valence-corrected chi connectivity index (χ1v) is 7.24. The van der Waals surface area contributed by atoms with E-state index in [0.29, 0.717) is 11.3 Å². The zero-order valence-corrected chi connectivity index (χ0v) is 12.2. The number of rotatable bonds is 5. The largest absolute Gasteiger partial charge is 0.389 e. The average Bonchev–Trinajstić information content (AvgIpc) is 2.28. The van der Waals surface area contributed by atoms with E-state index in [-0.39, 0.29) is 11.0 Å². The van der Waals surface area contributed by atoms with Crippen LogP contribution in [0.25, 0.3) is 0 Å². The standard InChI is InChI=1S/C11H17N3O2S2/c1-8(2)14(3)18(15,16)13-10-6-4-9(5-7-10)11(12)17/h4-8,13H,1-3H3,(H2,12,17). The van der Waals surface area contributed by atoms with Crippen molar-refractivity contribution in [3.05, 3.63) is 29.8 Å². The minimum Gasteiger partial charge on any atom is -0.389 e. The molecular weight excluding hydrogens is 270 g/mol. The van der Waals surface area contributed by atoms with E-state index in [1.165, 1.54) is 11.4 Å². The van der Waals surface area contributed by atoms with Crippen LogP contribution in [-0.4, -0.2) is 30.8 Å². The summed E-state index contributed by atoms with van der Waals surface area (Å²) in [4.78, 5) is 0.281. The Morgan fingerprint density at radius 1 is 1.33 bits per heavy atom. The van der Waals surface area contributed by atoms with Gasteiger partial charge in [-0.05, 0) is 38.1 Å². The van der Waals surface area contributed by atoms with Gasteiger partial charge in [0.05, 0.1) is 0 Å². The zero-order valence-electron chi connectivity index (χ0n) is 10.5. The van der Waals surface area contributed by atoms with Gasteiger partial charge in [0.1, 0.15) is 4.99 Å². The van der Waals surface area contributed by atoms with Gasteiger partial charge in [0, 0.05) is 24.3 Å². The van der Waals surface area contributed by atoms with Gasteiger partial charge in [-0.2, -0.15) is 12.7 Å². The summed E-state index contributed by atoms with van der Waals surface area (Å²) in [7, 11) is -2.00. The number of thiocarbonyl (C=S) groups is 1. The highest BCUT2D eigenvalue weighted by Crippen LogP contribution is 2.13. The molecule has 0 aliphatic heterocycles. The molecule has 0 aromatic heterocycles. The van der Waals surface area contributed by atoms with Crippen LogP contribution in [0.1, 0.15) is 19.4 Å². The summed E-state index contributed by atoms with van der Waals surface area (Å²) in [6, 6.07) is 6.49. The van der Waals surface area contributed by atoms with Crippen molar-refractivity contribution < 1.29 is 8.42 Å². The van der Waals surface area contributed by atoms with Crippen LogP contribution in [-0.2, 0) is 10.2 Å². The number of nitrogens with zero attached hydrogens (tertiary/aromatic N) is 1. The van der Waals surface area contributed by atoms with Gasteiger partial charge in [-0.25, -0.2) is 0 Å². The Balaban J connectivity index is 2.88. The first-order chi connectivity index (χ1) is 8.24. The zero-order chi connectivity index (χ0) is 13.9. The van der Waals surface area contributed by atoms with Crippen molar-refractivity contribution in [2.24, 2.45) is 5.73 Å². The molecule has 5 nitrogen and oxygen atoms in total. The molecular formula is C11H17N3O2S2. The van der Waals surface area contributed by atoms with Crippen molar-refractivity contribution in [3.8, 4) is 0 Å².